The maximum absolute atomic E-state index is 10.7. The van der Waals surface area contributed by atoms with Crippen molar-refractivity contribution in [2.45, 2.75) is 17.4 Å². The third-order valence-electron chi connectivity index (χ3n) is 2.24. The molecule has 3 N–H and O–H groups in total. The lowest BCUT2D eigenvalue weighted by Gasteiger charge is -2.13. The molecule has 88 valence electrons. The first-order valence-corrected chi connectivity index (χ1v) is 6.01. The van der Waals surface area contributed by atoms with Crippen molar-refractivity contribution < 1.29 is 14.6 Å². The fourth-order valence-corrected chi connectivity index (χ4v) is 2.20. The molecule has 5 heteroatoms. The van der Waals surface area contributed by atoms with Crippen LogP contribution in [0.2, 0.25) is 0 Å². The summed E-state index contributed by atoms with van der Waals surface area (Å²) in [5, 5.41) is 8.77. The molecule has 1 aromatic rings. The number of thioether (sulfide) groups is 1. The van der Waals surface area contributed by atoms with Crippen LogP contribution in [0.25, 0.3) is 0 Å². The van der Waals surface area contributed by atoms with Crippen LogP contribution in [0.15, 0.2) is 23.1 Å². The lowest BCUT2D eigenvalue weighted by Crippen LogP contribution is -2.32. The van der Waals surface area contributed by atoms with Gasteiger partial charge < -0.3 is 15.6 Å². The Bertz CT molecular complexity index is 381. The van der Waals surface area contributed by atoms with Crippen molar-refractivity contribution in [1.29, 1.82) is 0 Å². The second kappa shape index (κ2) is 5.77. The van der Waals surface area contributed by atoms with Gasteiger partial charge in [-0.25, -0.2) is 0 Å². The van der Waals surface area contributed by atoms with Gasteiger partial charge in [0.2, 0.25) is 0 Å². The van der Waals surface area contributed by atoms with Crippen LogP contribution in [0.3, 0.4) is 0 Å². The van der Waals surface area contributed by atoms with Gasteiger partial charge in [0.05, 0.1) is 12.0 Å². The summed E-state index contributed by atoms with van der Waals surface area (Å²) < 4.78 is 5.21. The summed E-state index contributed by atoms with van der Waals surface area (Å²) in [4.78, 5) is 11.6. The van der Waals surface area contributed by atoms with E-state index in [0.29, 0.717) is 6.42 Å². The molecule has 1 aromatic carbocycles. The summed E-state index contributed by atoms with van der Waals surface area (Å²) in [6.07, 6.45) is 2.23. The van der Waals surface area contributed by atoms with Crippen LogP contribution in [0, 0.1) is 0 Å². The minimum Gasteiger partial charge on any atom is -0.496 e. The fraction of sp³-hybridized carbons (Fsp3) is 0.364. The van der Waals surface area contributed by atoms with Crippen molar-refractivity contribution in [2.75, 3.05) is 13.4 Å². The molecule has 0 heterocycles. The first-order chi connectivity index (χ1) is 7.60. The van der Waals surface area contributed by atoms with Crippen LogP contribution < -0.4 is 10.5 Å². The van der Waals surface area contributed by atoms with E-state index in [4.69, 9.17) is 15.6 Å². The zero-order valence-corrected chi connectivity index (χ0v) is 10.1. The number of ether oxygens (including phenoxy) is 1. The topological polar surface area (TPSA) is 72.5 Å². The largest absolute Gasteiger partial charge is 0.496 e. The molecule has 0 aromatic heterocycles. The molecule has 0 fully saturated rings. The van der Waals surface area contributed by atoms with E-state index in [2.05, 4.69) is 0 Å². The van der Waals surface area contributed by atoms with Crippen molar-refractivity contribution in [3.8, 4) is 5.75 Å². The Hall–Kier alpha value is -1.20. The van der Waals surface area contributed by atoms with Gasteiger partial charge in [-0.3, -0.25) is 4.79 Å². The maximum atomic E-state index is 10.7. The molecule has 0 spiro atoms. The zero-order valence-electron chi connectivity index (χ0n) is 9.27. The Morgan fingerprint density at radius 3 is 2.81 bits per heavy atom. The number of methoxy groups -OCH3 is 1. The first-order valence-electron chi connectivity index (χ1n) is 4.78. The van der Waals surface area contributed by atoms with E-state index < -0.39 is 12.0 Å². The number of carboxylic acids is 1. The highest BCUT2D eigenvalue weighted by Crippen LogP contribution is 2.31. The Morgan fingerprint density at radius 1 is 1.62 bits per heavy atom. The Labute approximate surface area is 98.8 Å². The molecule has 1 rings (SSSR count). The number of hydrogen-bond acceptors (Lipinski definition) is 4. The van der Waals surface area contributed by atoms with E-state index in [1.165, 1.54) is 11.8 Å². The molecule has 16 heavy (non-hydrogen) atoms. The monoisotopic (exact) mass is 241 g/mol. The predicted octanol–water partition coefficient (Wildman–Crippen LogP) is 1.37. The highest BCUT2D eigenvalue weighted by atomic mass is 32.2. The smallest absolute Gasteiger partial charge is 0.320 e. The summed E-state index contributed by atoms with van der Waals surface area (Å²) in [5.74, 6) is -0.238. The minimum absolute atomic E-state index is 0.308. The number of carbonyl (C=O) groups is 1. The third kappa shape index (κ3) is 2.90. The second-order valence-corrected chi connectivity index (χ2v) is 4.12. The molecule has 0 radical (unpaired) electrons. The Kier molecular flexibility index (Phi) is 4.64. The quantitative estimate of drug-likeness (QED) is 0.762. The van der Waals surface area contributed by atoms with Crippen molar-refractivity contribution in [1.82, 2.24) is 0 Å². The molecular weight excluding hydrogens is 226 g/mol. The molecule has 0 bridgehead atoms. The molecule has 4 nitrogen and oxygen atoms in total. The molecule has 0 aliphatic heterocycles. The van der Waals surface area contributed by atoms with Gasteiger partial charge in [0, 0.05) is 0 Å². The van der Waals surface area contributed by atoms with Gasteiger partial charge in [-0.2, -0.15) is 0 Å². The van der Waals surface area contributed by atoms with Crippen LogP contribution in [0.5, 0.6) is 5.75 Å². The van der Waals surface area contributed by atoms with E-state index >= 15 is 0 Å². The van der Waals surface area contributed by atoms with Gasteiger partial charge in [-0.05, 0) is 24.3 Å². The highest BCUT2D eigenvalue weighted by Gasteiger charge is 2.16. The van der Waals surface area contributed by atoms with Crippen molar-refractivity contribution in [2.24, 2.45) is 5.73 Å². The summed E-state index contributed by atoms with van der Waals surface area (Å²) >= 11 is 1.53. The molecule has 0 aliphatic rings. The van der Waals surface area contributed by atoms with E-state index in [9.17, 15) is 4.79 Å². The average molecular weight is 241 g/mol. The van der Waals surface area contributed by atoms with E-state index in [0.717, 1.165) is 16.2 Å². The third-order valence-corrected chi connectivity index (χ3v) is 3.11. The van der Waals surface area contributed by atoms with Crippen LogP contribution >= 0.6 is 11.8 Å². The summed E-state index contributed by atoms with van der Waals surface area (Å²) in [6, 6.07) is 4.68. The van der Waals surface area contributed by atoms with E-state index in [1.54, 1.807) is 7.11 Å². The molecule has 1 unspecified atom stereocenters. The van der Waals surface area contributed by atoms with Gasteiger partial charge in [0.25, 0.3) is 0 Å². The SMILES string of the molecule is COc1cccc(CC(N)C(=O)O)c1SC. The van der Waals surface area contributed by atoms with Crippen LogP contribution in [0.1, 0.15) is 5.56 Å². The molecule has 0 saturated heterocycles. The van der Waals surface area contributed by atoms with Gasteiger partial charge in [0.15, 0.2) is 0 Å². The highest BCUT2D eigenvalue weighted by molar-refractivity contribution is 7.98. The van der Waals surface area contributed by atoms with E-state index in [1.807, 2.05) is 24.5 Å². The Balaban J connectivity index is 2.99. The standard InChI is InChI=1S/C11H15NO3S/c1-15-9-5-3-4-7(10(9)16-2)6-8(12)11(13)14/h3-5,8H,6,12H2,1-2H3,(H,13,14). The van der Waals surface area contributed by atoms with Crippen molar-refractivity contribution in [3.05, 3.63) is 23.8 Å². The van der Waals surface area contributed by atoms with Gasteiger partial charge in [-0.15, -0.1) is 11.8 Å². The van der Waals surface area contributed by atoms with Crippen LogP contribution in [-0.2, 0) is 11.2 Å². The lowest BCUT2D eigenvalue weighted by atomic mass is 10.1. The zero-order chi connectivity index (χ0) is 12.1. The van der Waals surface area contributed by atoms with Crippen molar-refractivity contribution in [3.63, 3.8) is 0 Å². The number of hydrogen-bond donors (Lipinski definition) is 2. The normalized spacial score (nSPS) is 12.2. The molecular formula is C11H15NO3S. The van der Waals surface area contributed by atoms with Crippen LogP contribution in [-0.4, -0.2) is 30.5 Å². The molecule has 0 amide bonds. The van der Waals surface area contributed by atoms with E-state index in [-0.39, 0.29) is 0 Å². The number of aliphatic carboxylic acids is 1. The lowest BCUT2D eigenvalue weighted by molar-refractivity contribution is -0.138. The minimum atomic E-state index is -0.991. The van der Waals surface area contributed by atoms with Crippen molar-refractivity contribution >= 4 is 17.7 Å². The molecule has 0 saturated carbocycles. The summed E-state index contributed by atoms with van der Waals surface area (Å²) in [7, 11) is 1.59. The predicted molar refractivity (Wildman–Crippen MR) is 64.1 cm³/mol. The van der Waals surface area contributed by atoms with Gasteiger partial charge >= 0.3 is 5.97 Å². The van der Waals surface area contributed by atoms with Gasteiger partial charge in [0.1, 0.15) is 11.8 Å². The average Bonchev–Trinajstić information content (AvgIpc) is 2.28. The number of rotatable bonds is 5. The van der Waals surface area contributed by atoms with Crippen LogP contribution in [0.4, 0.5) is 0 Å². The maximum Gasteiger partial charge on any atom is 0.320 e. The number of carboxylic acid groups (broad SMARTS) is 1. The number of benzene rings is 1. The van der Waals surface area contributed by atoms with Gasteiger partial charge in [-0.1, -0.05) is 12.1 Å². The number of nitrogens with two attached hydrogens (primary N) is 1. The Morgan fingerprint density at radius 2 is 2.31 bits per heavy atom. The second-order valence-electron chi connectivity index (χ2n) is 3.30. The summed E-state index contributed by atoms with van der Waals surface area (Å²) in [6.45, 7) is 0. The first kappa shape index (κ1) is 12.9. The summed E-state index contributed by atoms with van der Waals surface area (Å²) in [5.41, 5.74) is 6.42. The fourth-order valence-electron chi connectivity index (χ4n) is 1.44. The molecule has 0 aliphatic carbocycles. The molecule has 1 atom stereocenters.